The maximum absolute atomic E-state index is 14.3. The lowest BCUT2D eigenvalue weighted by molar-refractivity contribution is -0.137. The number of rotatable bonds is 6. The van der Waals surface area contributed by atoms with Crippen LogP contribution in [0.25, 0.3) is 22.6 Å². The van der Waals surface area contributed by atoms with Crippen LogP contribution in [0, 0.1) is 5.82 Å². The van der Waals surface area contributed by atoms with E-state index in [1.165, 1.54) is 48.5 Å². The molecular weight excluding hydrogens is 528 g/mol. The summed E-state index contributed by atoms with van der Waals surface area (Å²) in [6, 6.07) is 5.82. The second kappa shape index (κ2) is 10.1. The van der Waals surface area contributed by atoms with E-state index in [1.54, 1.807) is 6.07 Å². The molecule has 4 N–H and O–H groups in total. The molecule has 1 aromatic carbocycles. The molecule has 1 fully saturated rings. The maximum Gasteiger partial charge on any atom is 0.251 e. The highest BCUT2D eigenvalue weighted by Gasteiger charge is 2.47. The Morgan fingerprint density at radius 1 is 1.16 bits per heavy atom. The van der Waals surface area contributed by atoms with Crippen LogP contribution in [0.5, 0.6) is 0 Å². The van der Waals surface area contributed by atoms with Gasteiger partial charge < -0.3 is 25.6 Å². The molecule has 0 saturated carbocycles. The molecule has 0 bridgehead atoms. The molecule has 11 nitrogen and oxygen atoms in total. The lowest BCUT2D eigenvalue weighted by atomic mass is 10.1. The first-order valence-electron chi connectivity index (χ1n) is 11.0. The van der Waals surface area contributed by atoms with Crippen LogP contribution in [0.3, 0.4) is 0 Å². The molecule has 37 heavy (non-hydrogen) atoms. The number of fused-ring (bicyclic) bond motifs is 1. The number of pyridine rings is 1. The smallest absolute Gasteiger partial charge is 0.251 e. The Hall–Kier alpha value is -3.42. The van der Waals surface area contributed by atoms with Gasteiger partial charge in [0.2, 0.25) is 0 Å². The lowest BCUT2D eigenvalue weighted by Crippen LogP contribution is -2.41. The highest BCUT2D eigenvalue weighted by Crippen LogP contribution is 2.34. The normalized spacial score (nSPS) is 21.4. The number of likely N-dealkylation sites (N-methyl/N-ethyl adjacent to an activating group) is 1. The Balaban J connectivity index is 1.59. The molecule has 0 spiro atoms. The molecule has 192 valence electrons. The van der Waals surface area contributed by atoms with E-state index in [0.717, 1.165) is 0 Å². The van der Waals surface area contributed by atoms with Gasteiger partial charge in [0.1, 0.15) is 18.0 Å². The van der Waals surface area contributed by atoms with E-state index in [4.69, 9.17) is 27.9 Å². The summed E-state index contributed by atoms with van der Waals surface area (Å²) in [6.07, 6.45) is -1.10. The van der Waals surface area contributed by atoms with Gasteiger partial charge in [0.15, 0.2) is 35.1 Å². The Bertz CT molecular complexity index is 1490. The molecule has 1 aliphatic rings. The van der Waals surface area contributed by atoms with Gasteiger partial charge in [0, 0.05) is 42.1 Å². The van der Waals surface area contributed by atoms with Crippen LogP contribution in [0.2, 0.25) is 10.0 Å². The average Bonchev–Trinajstić information content (AvgIpc) is 3.44. The fourth-order valence-electron chi connectivity index (χ4n) is 4.00. The summed E-state index contributed by atoms with van der Waals surface area (Å²) in [5.41, 5.74) is 1.27. The summed E-state index contributed by atoms with van der Waals surface area (Å²) < 4.78 is 21.4. The molecule has 0 unspecified atom stereocenters. The first-order chi connectivity index (χ1) is 17.8. The lowest BCUT2D eigenvalue weighted by Gasteiger charge is -2.17. The van der Waals surface area contributed by atoms with Gasteiger partial charge in [-0.3, -0.25) is 14.3 Å². The van der Waals surface area contributed by atoms with E-state index < -0.39 is 36.3 Å². The number of ether oxygens (including phenoxy) is 1. The number of imidazole rings is 1. The van der Waals surface area contributed by atoms with Crippen molar-refractivity contribution in [2.24, 2.45) is 0 Å². The van der Waals surface area contributed by atoms with Crippen LogP contribution in [-0.4, -0.2) is 66.0 Å². The van der Waals surface area contributed by atoms with Gasteiger partial charge in [-0.2, -0.15) is 0 Å². The van der Waals surface area contributed by atoms with E-state index in [9.17, 15) is 19.4 Å². The van der Waals surface area contributed by atoms with E-state index in [1.807, 2.05) is 0 Å². The number of nitrogens with zero attached hydrogens (tertiary/aromatic N) is 5. The van der Waals surface area contributed by atoms with Crippen LogP contribution >= 0.6 is 23.2 Å². The number of aromatic nitrogens is 5. The van der Waals surface area contributed by atoms with Gasteiger partial charge in [0.25, 0.3) is 5.91 Å². The zero-order valence-electron chi connectivity index (χ0n) is 19.1. The summed E-state index contributed by atoms with van der Waals surface area (Å²) >= 11 is 12.1. The van der Waals surface area contributed by atoms with E-state index >= 15 is 0 Å². The summed E-state index contributed by atoms with van der Waals surface area (Å²) in [5, 5.41) is 27.2. The summed E-state index contributed by atoms with van der Waals surface area (Å²) in [6.45, 7) is 0.0264. The fourth-order valence-corrected chi connectivity index (χ4v) is 4.36. The van der Waals surface area contributed by atoms with Crippen LogP contribution in [0.1, 0.15) is 11.8 Å². The summed E-state index contributed by atoms with van der Waals surface area (Å²) in [4.78, 5) is 29.7. The number of carbonyl (C=O) groups excluding carboxylic acids is 1. The number of hydrogen-bond donors (Lipinski definition) is 4. The summed E-state index contributed by atoms with van der Waals surface area (Å²) in [7, 11) is 1.39. The zero-order chi connectivity index (χ0) is 26.3. The fraction of sp³-hybridized carbons (Fsp3) is 0.261. The van der Waals surface area contributed by atoms with E-state index in [2.05, 4.69) is 30.6 Å². The van der Waals surface area contributed by atoms with Gasteiger partial charge in [0.05, 0.1) is 11.3 Å². The van der Waals surface area contributed by atoms with Crippen LogP contribution in [0.15, 0.2) is 43.0 Å². The highest BCUT2D eigenvalue weighted by molar-refractivity contribution is 6.31. The van der Waals surface area contributed by atoms with Crippen molar-refractivity contribution in [1.29, 1.82) is 0 Å². The standard InChI is InChI=1S/C23H20Cl2FN7O4/c1-27-22(36)18-16(34)17(35)23(37-18)33-9-30-15-20(29-7-10-4-12(24)2-3-14(10)26)31-19(32-21(15)33)11-5-13(25)8-28-6-11/h2-6,8-9,16-18,23,34-35H,7H2,1H3,(H,27,36)(H,29,31,32)/t16-,17+,18-,23+/m0/s1. The van der Waals surface area contributed by atoms with Crippen molar-refractivity contribution in [3.05, 3.63) is 64.4 Å². The second-order valence-corrected chi connectivity index (χ2v) is 9.12. The van der Waals surface area contributed by atoms with Crippen molar-refractivity contribution in [1.82, 2.24) is 29.8 Å². The number of amides is 1. The molecule has 1 amide bonds. The van der Waals surface area contributed by atoms with Gasteiger partial charge in [-0.25, -0.2) is 19.3 Å². The molecule has 1 aliphatic heterocycles. The van der Waals surface area contributed by atoms with Gasteiger partial charge in [-0.1, -0.05) is 23.2 Å². The topological polar surface area (TPSA) is 147 Å². The SMILES string of the molecule is CNC(=O)[C@H]1O[C@@H](n2cnc3c(NCc4cc(Cl)ccc4F)nc(-c4cncc(Cl)c4)nc32)[C@H](O)[C@@H]1O. The van der Waals surface area contributed by atoms with Crippen molar-refractivity contribution < 1.29 is 24.1 Å². The predicted octanol–water partition coefficient (Wildman–Crippen LogP) is 2.31. The van der Waals surface area contributed by atoms with Crippen molar-refractivity contribution in [3.63, 3.8) is 0 Å². The van der Waals surface area contributed by atoms with Crippen LogP contribution in [0.4, 0.5) is 10.2 Å². The number of nitrogens with one attached hydrogen (secondary N) is 2. The van der Waals surface area contributed by atoms with Crippen molar-refractivity contribution in [2.75, 3.05) is 12.4 Å². The molecule has 3 aromatic heterocycles. The number of benzene rings is 1. The van der Waals surface area contributed by atoms with E-state index in [-0.39, 0.29) is 29.4 Å². The average molecular weight is 548 g/mol. The third-order valence-corrected chi connectivity index (χ3v) is 6.30. The van der Waals surface area contributed by atoms with Crippen LogP contribution in [-0.2, 0) is 16.1 Å². The van der Waals surface area contributed by atoms with Crippen molar-refractivity contribution in [2.45, 2.75) is 31.1 Å². The minimum atomic E-state index is -1.48. The predicted molar refractivity (Wildman–Crippen MR) is 132 cm³/mol. The minimum Gasteiger partial charge on any atom is -0.387 e. The largest absolute Gasteiger partial charge is 0.387 e. The molecule has 4 atom stereocenters. The first-order valence-corrected chi connectivity index (χ1v) is 11.8. The van der Waals surface area contributed by atoms with Gasteiger partial charge >= 0.3 is 0 Å². The molecule has 5 rings (SSSR count). The molecule has 4 aromatic rings. The van der Waals surface area contributed by atoms with Gasteiger partial charge in [-0.15, -0.1) is 0 Å². The number of anilines is 1. The monoisotopic (exact) mass is 547 g/mol. The Kier molecular flexibility index (Phi) is 6.92. The van der Waals surface area contributed by atoms with Crippen LogP contribution < -0.4 is 10.6 Å². The molecule has 0 aliphatic carbocycles. The zero-order valence-corrected chi connectivity index (χ0v) is 20.7. The number of carbonyl (C=O) groups is 1. The molecule has 1 saturated heterocycles. The number of hydrogen-bond acceptors (Lipinski definition) is 9. The summed E-state index contributed by atoms with van der Waals surface area (Å²) in [5.74, 6) is -0.600. The highest BCUT2D eigenvalue weighted by atomic mass is 35.5. The number of halogens is 3. The van der Waals surface area contributed by atoms with Crippen molar-refractivity contribution in [3.8, 4) is 11.4 Å². The van der Waals surface area contributed by atoms with Gasteiger partial charge in [-0.05, 0) is 24.3 Å². The third-order valence-electron chi connectivity index (χ3n) is 5.86. The molecule has 0 radical (unpaired) electrons. The quantitative estimate of drug-likeness (QED) is 0.285. The van der Waals surface area contributed by atoms with E-state index in [0.29, 0.717) is 21.2 Å². The molecule has 4 heterocycles. The van der Waals surface area contributed by atoms with Crippen molar-refractivity contribution >= 4 is 46.1 Å². The molecular formula is C23H20Cl2FN7O4. The number of aliphatic hydroxyl groups excluding tert-OH is 2. The number of aliphatic hydroxyl groups is 2. The Labute approximate surface area is 219 Å². The third kappa shape index (κ3) is 4.81. The second-order valence-electron chi connectivity index (χ2n) is 8.24. The maximum atomic E-state index is 14.3. The molecule has 14 heteroatoms. The minimum absolute atomic E-state index is 0.0264. The Morgan fingerprint density at radius 2 is 1.97 bits per heavy atom. The first kappa shape index (κ1) is 25.2. The Morgan fingerprint density at radius 3 is 2.73 bits per heavy atom.